The molecule has 3 heteroatoms. The number of hydrogen-bond acceptors (Lipinski definition) is 3. The molecule has 0 aromatic carbocycles. The Kier molecular flexibility index (Phi) is 3.43. The van der Waals surface area contributed by atoms with Crippen LogP contribution in [0.5, 0.6) is 0 Å². The number of aryl methyl sites for hydroxylation is 1. The highest BCUT2D eigenvalue weighted by atomic mass is 14.9. The zero-order valence-electron chi connectivity index (χ0n) is 8.17. The highest BCUT2D eigenvalue weighted by Crippen LogP contribution is 2.05. The maximum Gasteiger partial charge on any atom is 0.127 e. The Balaban J connectivity index is 2.74. The van der Waals surface area contributed by atoms with E-state index in [1.54, 1.807) is 12.4 Å². The van der Waals surface area contributed by atoms with Crippen molar-refractivity contribution in [2.24, 2.45) is 0 Å². The van der Waals surface area contributed by atoms with Gasteiger partial charge in [-0.15, -0.1) is 0 Å². The summed E-state index contributed by atoms with van der Waals surface area (Å²) in [6.07, 6.45) is 4.47. The Bertz CT molecular complexity index is 277. The first-order chi connectivity index (χ1) is 6.27. The smallest absolute Gasteiger partial charge is 0.127 e. The molecular formula is C10H15N3. The van der Waals surface area contributed by atoms with Gasteiger partial charge in [-0.3, -0.25) is 0 Å². The van der Waals surface area contributed by atoms with Crippen molar-refractivity contribution in [3.63, 3.8) is 0 Å². The van der Waals surface area contributed by atoms with Crippen molar-refractivity contribution < 1.29 is 0 Å². The van der Waals surface area contributed by atoms with Crippen molar-refractivity contribution in [3.8, 4) is 0 Å². The molecule has 1 N–H and O–H groups in total. The van der Waals surface area contributed by atoms with Crippen LogP contribution in [0.1, 0.15) is 25.2 Å². The van der Waals surface area contributed by atoms with Gasteiger partial charge in [0, 0.05) is 36.6 Å². The molecule has 1 aromatic heterocycles. The fraction of sp³-hybridized carbons (Fsp3) is 0.400. The summed E-state index contributed by atoms with van der Waals surface area (Å²) in [4.78, 5) is 8.38. The Hall–Kier alpha value is -1.38. The van der Waals surface area contributed by atoms with Crippen molar-refractivity contribution >= 4 is 5.70 Å². The summed E-state index contributed by atoms with van der Waals surface area (Å²) in [7, 11) is 0. The number of nitrogens with one attached hydrogen (secondary N) is 1. The predicted molar refractivity (Wildman–Crippen MR) is 54.1 cm³/mol. The van der Waals surface area contributed by atoms with Gasteiger partial charge in [-0.05, 0) is 6.92 Å². The molecule has 0 amide bonds. The fourth-order valence-corrected chi connectivity index (χ4v) is 1.01. The first-order valence-electron chi connectivity index (χ1n) is 4.52. The molecule has 0 unspecified atom stereocenters. The Morgan fingerprint density at radius 1 is 1.38 bits per heavy atom. The van der Waals surface area contributed by atoms with Gasteiger partial charge in [-0.25, -0.2) is 9.97 Å². The summed E-state index contributed by atoms with van der Waals surface area (Å²) in [5.74, 6) is 0.869. The van der Waals surface area contributed by atoms with Crippen LogP contribution in [-0.4, -0.2) is 16.5 Å². The van der Waals surface area contributed by atoms with Crippen molar-refractivity contribution in [1.82, 2.24) is 15.3 Å². The normalized spacial score (nSPS) is 9.69. The molecule has 0 aliphatic heterocycles. The molecule has 0 radical (unpaired) electrons. The van der Waals surface area contributed by atoms with E-state index >= 15 is 0 Å². The fourth-order valence-electron chi connectivity index (χ4n) is 1.01. The molecule has 1 rings (SSSR count). The van der Waals surface area contributed by atoms with Gasteiger partial charge < -0.3 is 5.32 Å². The molecule has 3 nitrogen and oxygen atoms in total. The third kappa shape index (κ3) is 2.54. The van der Waals surface area contributed by atoms with Crippen molar-refractivity contribution in [2.75, 3.05) is 6.54 Å². The minimum atomic E-state index is 0.869. The van der Waals surface area contributed by atoms with E-state index in [4.69, 9.17) is 0 Å². The van der Waals surface area contributed by atoms with Crippen LogP contribution in [0, 0.1) is 0 Å². The lowest BCUT2D eigenvalue weighted by Gasteiger charge is -2.06. The van der Waals surface area contributed by atoms with Crippen molar-refractivity contribution in [3.05, 3.63) is 30.4 Å². The molecule has 0 fully saturated rings. The average Bonchev–Trinajstić information content (AvgIpc) is 2.18. The molecule has 1 aromatic rings. The van der Waals surface area contributed by atoms with Crippen LogP contribution < -0.4 is 5.32 Å². The van der Waals surface area contributed by atoms with Crippen LogP contribution in [0.4, 0.5) is 0 Å². The molecule has 1 heterocycles. The van der Waals surface area contributed by atoms with Gasteiger partial charge in [-0.2, -0.15) is 0 Å². The predicted octanol–water partition coefficient (Wildman–Crippen LogP) is 1.62. The molecule has 0 saturated heterocycles. The molecule has 0 aliphatic carbocycles. The molecule has 0 spiro atoms. The summed E-state index contributed by atoms with van der Waals surface area (Å²) < 4.78 is 0. The van der Waals surface area contributed by atoms with Crippen molar-refractivity contribution in [2.45, 2.75) is 20.3 Å². The Morgan fingerprint density at radius 3 is 2.46 bits per heavy atom. The number of aromatic nitrogens is 2. The third-order valence-electron chi connectivity index (χ3n) is 1.76. The van der Waals surface area contributed by atoms with Gasteiger partial charge in [0.25, 0.3) is 0 Å². The van der Waals surface area contributed by atoms with Gasteiger partial charge >= 0.3 is 0 Å². The van der Waals surface area contributed by atoms with E-state index in [1.807, 2.05) is 13.8 Å². The topological polar surface area (TPSA) is 37.8 Å². The summed E-state index contributed by atoms with van der Waals surface area (Å²) >= 11 is 0. The maximum absolute atomic E-state index is 4.19. The average molecular weight is 177 g/mol. The van der Waals surface area contributed by atoms with E-state index in [-0.39, 0.29) is 0 Å². The number of hydrogen-bond donors (Lipinski definition) is 1. The molecule has 0 aliphatic rings. The Labute approximate surface area is 78.9 Å². The van der Waals surface area contributed by atoms with Crippen LogP contribution in [-0.2, 0) is 6.42 Å². The minimum absolute atomic E-state index is 0.869. The SMILES string of the molecule is C=C(NCC)c1cnc(CC)nc1. The van der Waals surface area contributed by atoms with E-state index < -0.39 is 0 Å². The third-order valence-corrected chi connectivity index (χ3v) is 1.76. The maximum atomic E-state index is 4.19. The Morgan fingerprint density at radius 2 is 2.00 bits per heavy atom. The van der Waals surface area contributed by atoms with E-state index in [2.05, 4.69) is 21.9 Å². The second-order valence-corrected chi connectivity index (χ2v) is 2.75. The molecule has 70 valence electrons. The first kappa shape index (κ1) is 9.71. The van der Waals surface area contributed by atoms with Crippen LogP contribution in [0.25, 0.3) is 5.70 Å². The standard InChI is InChI=1S/C10H15N3/c1-4-10-12-6-9(7-13-10)8(3)11-5-2/h6-7,11H,3-5H2,1-2H3. The number of nitrogens with zero attached hydrogens (tertiary/aromatic N) is 2. The zero-order valence-corrected chi connectivity index (χ0v) is 8.17. The molecule has 0 saturated carbocycles. The lowest BCUT2D eigenvalue weighted by molar-refractivity contribution is 0.912. The second-order valence-electron chi connectivity index (χ2n) is 2.75. The van der Waals surface area contributed by atoms with E-state index in [9.17, 15) is 0 Å². The zero-order chi connectivity index (χ0) is 9.68. The van der Waals surface area contributed by atoms with Gasteiger partial charge in [0.15, 0.2) is 0 Å². The van der Waals surface area contributed by atoms with E-state index in [0.29, 0.717) is 0 Å². The van der Waals surface area contributed by atoms with Gasteiger partial charge in [-0.1, -0.05) is 13.5 Å². The van der Waals surface area contributed by atoms with Gasteiger partial charge in [0.05, 0.1) is 0 Å². The number of rotatable bonds is 4. The molecule has 13 heavy (non-hydrogen) atoms. The van der Waals surface area contributed by atoms with E-state index in [1.165, 1.54) is 0 Å². The summed E-state index contributed by atoms with van der Waals surface area (Å²) in [5, 5.41) is 3.12. The summed E-state index contributed by atoms with van der Waals surface area (Å²) in [6.45, 7) is 8.82. The van der Waals surface area contributed by atoms with Gasteiger partial charge in [0.2, 0.25) is 0 Å². The monoisotopic (exact) mass is 177 g/mol. The summed E-state index contributed by atoms with van der Waals surface area (Å²) in [6, 6.07) is 0. The van der Waals surface area contributed by atoms with Crippen molar-refractivity contribution in [1.29, 1.82) is 0 Å². The van der Waals surface area contributed by atoms with Crippen LogP contribution in [0.2, 0.25) is 0 Å². The molecular weight excluding hydrogens is 162 g/mol. The molecule has 0 bridgehead atoms. The highest BCUT2D eigenvalue weighted by Gasteiger charge is 1.98. The summed E-state index contributed by atoms with van der Waals surface area (Å²) in [5.41, 5.74) is 1.84. The quantitative estimate of drug-likeness (QED) is 0.759. The second kappa shape index (κ2) is 4.60. The molecule has 0 atom stereocenters. The lowest BCUT2D eigenvalue weighted by Crippen LogP contribution is -2.10. The largest absolute Gasteiger partial charge is 0.385 e. The lowest BCUT2D eigenvalue weighted by atomic mass is 10.2. The van der Waals surface area contributed by atoms with Gasteiger partial charge in [0.1, 0.15) is 5.82 Å². The van der Waals surface area contributed by atoms with Crippen LogP contribution in [0.3, 0.4) is 0 Å². The van der Waals surface area contributed by atoms with E-state index in [0.717, 1.165) is 30.1 Å². The van der Waals surface area contributed by atoms with Crippen LogP contribution in [0.15, 0.2) is 19.0 Å². The minimum Gasteiger partial charge on any atom is -0.385 e. The highest BCUT2D eigenvalue weighted by molar-refractivity contribution is 5.59. The van der Waals surface area contributed by atoms with Crippen LogP contribution >= 0.6 is 0 Å². The first-order valence-corrected chi connectivity index (χ1v) is 4.52.